The summed E-state index contributed by atoms with van der Waals surface area (Å²) in [6.07, 6.45) is 3.56. The molecule has 1 saturated carbocycles. The average Bonchev–Trinajstić information content (AvgIpc) is 3.31. The standard InChI is InChI=1S/C20H31N3O3/c1-13-12-17(14(2)23(13)16-6-7-16)18(24)22-10-8-15(9-11-22)21-19(25)26-20(3,4)5/h12,15-16H,6-11H2,1-5H3,(H,21,25). The highest BCUT2D eigenvalue weighted by atomic mass is 16.6. The van der Waals surface area contributed by atoms with Gasteiger partial charge in [0.1, 0.15) is 5.60 Å². The summed E-state index contributed by atoms with van der Waals surface area (Å²) in [5.74, 6) is 0.112. The first kappa shape index (κ1) is 18.8. The number of carbonyl (C=O) groups excluding carboxylic acids is 2. The number of alkyl carbamates (subject to hydrolysis) is 1. The van der Waals surface area contributed by atoms with Crippen molar-refractivity contribution in [2.75, 3.05) is 13.1 Å². The van der Waals surface area contributed by atoms with Crippen LogP contribution in [-0.2, 0) is 4.74 Å². The minimum Gasteiger partial charge on any atom is -0.444 e. The molecule has 1 aliphatic heterocycles. The van der Waals surface area contributed by atoms with Crippen LogP contribution in [0.25, 0.3) is 0 Å². The molecule has 0 aromatic carbocycles. The van der Waals surface area contributed by atoms with Crippen LogP contribution in [-0.4, -0.2) is 46.2 Å². The number of carbonyl (C=O) groups is 2. The summed E-state index contributed by atoms with van der Waals surface area (Å²) in [7, 11) is 0. The van der Waals surface area contributed by atoms with Gasteiger partial charge in [0.15, 0.2) is 0 Å². The molecular formula is C20H31N3O3. The van der Waals surface area contributed by atoms with E-state index in [1.54, 1.807) is 0 Å². The summed E-state index contributed by atoms with van der Waals surface area (Å²) in [6.45, 7) is 11.0. The van der Waals surface area contributed by atoms with E-state index in [-0.39, 0.29) is 18.0 Å². The molecule has 2 fully saturated rings. The van der Waals surface area contributed by atoms with Crippen LogP contribution in [0.1, 0.15) is 74.2 Å². The third-order valence-electron chi connectivity index (χ3n) is 5.13. The van der Waals surface area contributed by atoms with E-state index in [9.17, 15) is 9.59 Å². The number of likely N-dealkylation sites (tertiary alicyclic amines) is 1. The fourth-order valence-electron chi connectivity index (χ4n) is 3.76. The van der Waals surface area contributed by atoms with E-state index >= 15 is 0 Å². The van der Waals surface area contributed by atoms with E-state index in [4.69, 9.17) is 4.74 Å². The lowest BCUT2D eigenvalue weighted by molar-refractivity contribution is 0.0473. The summed E-state index contributed by atoms with van der Waals surface area (Å²) < 4.78 is 7.62. The number of hydrogen-bond acceptors (Lipinski definition) is 3. The maximum Gasteiger partial charge on any atom is 0.407 e. The van der Waals surface area contributed by atoms with Crippen molar-refractivity contribution < 1.29 is 14.3 Å². The van der Waals surface area contributed by atoms with E-state index in [2.05, 4.69) is 23.7 Å². The Morgan fingerprint density at radius 2 is 1.73 bits per heavy atom. The maximum atomic E-state index is 12.9. The highest BCUT2D eigenvalue weighted by molar-refractivity contribution is 5.95. The van der Waals surface area contributed by atoms with Gasteiger partial charge in [0, 0.05) is 36.6 Å². The fourth-order valence-corrected chi connectivity index (χ4v) is 3.76. The average molecular weight is 361 g/mol. The van der Waals surface area contributed by atoms with Crippen LogP contribution < -0.4 is 5.32 Å². The summed E-state index contributed by atoms with van der Waals surface area (Å²) >= 11 is 0. The first-order valence-electron chi connectivity index (χ1n) is 9.63. The predicted molar refractivity (Wildman–Crippen MR) is 100 cm³/mol. The lowest BCUT2D eigenvalue weighted by atomic mass is 10.0. The van der Waals surface area contributed by atoms with Crippen molar-refractivity contribution in [3.05, 3.63) is 23.0 Å². The van der Waals surface area contributed by atoms with Gasteiger partial charge in [-0.15, -0.1) is 0 Å². The third-order valence-corrected chi connectivity index (χ3v) is 5.13. The van der Waals surface area contributed by atoms with Crippen molar-refractivity contribution in [3.63, 3.8) is 0 Å². The summed E-state index contributed by atoms with van der Waals surface area (Å²) in [4.78, 5) is 26.8. The molecule has 2 heterocycles. The van der Waals surface area contributed by atoms with Crippen LogP contribution >= 0.6 is 0 Å². The zero-order valence-electron chi connectivity index (χ0n) is 16.6. The molecule has 2 aliphatic rings. The van der Waals surface area contributed by atoms with Crippen LogP contribution in [0.5, 0.6) is 0 Å². The number of aryl methyl sites for hydroxylation is 1. The molecule has 0 atom stereocenters. The topological polar surface area (TPSA) is 63.6 Å². The zero-order chi connectivity index (χ0) is 19.1. The number of nitrogens with zero attached hydrogens (tertiary/aromatic N) is 2. The van der Waals surface area contributed by atoms with Gasteiger partial charge < -0.3 is 19.5 Å². The van der Waals surface area contributed by atoms with Crippen molar-refractivity contribution in [1.82, 2.24) is 14.8 Å². The zero-order valence-corrected chi connectivity index (χ0v) is 16.6. The number of amides is 2. The molecule has 144 valence electrons. The van der Waals surface area contributed by atoms with Gasteiger partial charge >= 0.3 is 6.09 Å². The molecule has 1 aromatic rings. The Morgan fingerprint density at radius 1 is 1.12 bits per heavy atom. The second kappa shape index (κ2) is 6.97. The smallest absolute Gasteiger partial charge is 0.407 e. The van der Waals surface area contributed by atoms with Gasteiger partial charge in [0.25, 0.3) is 5.91 Å². The molecular weight excluding hydrogens is 330 g/mol. The van der Waals surface area contributed by atoms with Gasteiger partial charge in [-0.1, -0.05) is 0 Å². The lowest BCUT2D eigenvalue weighted by Gasteiger charge is -2.33. The van der Waals surface area contributed by atoms with Crippen LogP contribution in [0.15, 0.2) is 6.07 Å². The summed E-state index contributed by atoms with van der Waals surface area (Å²) in [5.41, 5.74) is 2.59. The second-order valence-electron chi connectivity index (χ2n) is 8.60. The Morgan fingerprint density at radius 3 is 2.27 bits per heavy atom. The highest BCUT2D eigenvalue weighted by Gasteiger charge is 2.31. The van der Waals surface area contributed by atoms with E-state index in [0.29, 0.717) is 19.1 Å². The molecule has 6 heteroatoms. The molecule has 1 saturated heterocycles. The van der Waals surface area contributed by atoms with Crippen LogP contribution in [0.4, 0.5) is 4.79 Å². The number of hydrogen-bond donors (Lipinski definition) is 1. The van der Waals surface area contributed by atoms with Gasteiger partial charge in [-0.3, -0.25) is 4.79 Å². The number of ether oxygens (including phenoxy) is 1. The van der Waals surface area contributed by atoms with Gasteiger partial charge in [0.05, 0.1) is 5.56 Å². The molecule has 3 rings (SSSR count). The molecule has 0 radical (unpaired) electrons. The minimum atomic E-state index is -0.495. The first-order chi connectivity index (χ1) is 12.2. The lowest BCUT2D eigenvalue weighted by Crippen LogP contribution is -2.47. The number of rotatable bonds is 3. The van der Waals surface area contributed by atoms with E-state index in [0.717, 1.165) is 24.1 Å². The summed E-state index contributed by atoms with van der Waals surface area (Å²) in [6, 6.07) is 2.68. The molecule has 0 unspecified atom stereocenters. The van der Waals surface area contributed by atoms with E-state index in [1.807, 2.05) is 31.7 Å². The molecule has 0 bridgehead atoms. The Kier molecular flexibility index (Phi) is 5.04. The Bertz CT molecular complexity index is 690. The molecule has 1 aliphatic carbocycles. The van der Waals surface area contributed by atoms with Crippen molar-refractivity contribution in [2.45, 2.75) is 78.0 Å². The van der Waals surface area contributed by atoms with Gasteiger partial charge in [-0.25, -0.2) is 4.79 Å². The number of piperidine rings is 1. The highest BCUT2D eigenvalue weighted by Crippen LogP contribution is 2.38. The van der Waals surface area contributed by atoms with Gasteiger partial charge in [0.2, 0.25) is 0 Å². The molecule has 1 N–H and O–H groups in total. The van der Waals surface area contributed by atoms with E-state index < -0.39 is 5.60 Å². The summed E-state index contributed by atoms with van der Waals surface area (Å²) in [5, 5.41) is 2.92. The largest absolute Gasteiger partial charge is 0.444 e. The number of aromatic nitrogens is 1. The van der Waals surface area contributed by atoms with Crippen molar-refractivity contribution >= 4 is 12.0 Å². The van der Waals surface area contributed by atoms with Crippen molar-refractivity contribution in [3.8, 4) is 0 Å². The minimum absolute atomic E-state index is 0.0628. The molecule has 0 spiro atoms. The Labute approximate surface area is 155 Å². The van der Waals surface area contributed by atoms with Crippen LogP contribution in [0.2, 0.25) is 0 Å². The monoisotopic (exact) mass is 361 g/mol. The molecule has 1 aromatic heterocycles. The molecule has 2 amide bonds. The molecule has 6 nitrogen and oxygen atoms in total. The second-order valence-corrected chi connectivity index (χ2v) is 8.60. The SMILES string of the molecule is Cc1cc(C(=O)N2CCC(NC(=O)OC(C)(C)C)CC2)c(C)n1C1CC1. The third kappa shape index (κ3) is 4.22. The van der Waals surface area contributed by atoms with Crippen LogP contribution in [0.3, 0.4) is 0 Å². The predicted octanol–water partition coefficient (Wildman–Crippen LogP) is 3.57. The van der Waals surface area contributed by atoms with Crippen molar-refractivity contribution in [2.24, 2.45) is 0 Å². The van der Waals surface area contributed by atoms with Gasteiger partial charge in [-0.05, 0) is 66.4 Å². The van der Waals surface area contributed by atoms with E-state index in [1.165, 1.54) is 18.5 Å². The number of nitrogens with one attached hydrogen (secondary N) is 1. The Balaban J connectivity index is 1.56. The normalized spacial score (nSPS) is 18.7. The van der Waals surface area contributed by atoms with Crippen molar-refractivity contribution in [1.29, 1.82) is 0 Å². The Hall–Kier alpha value is -1.98. The first-order valence-corrected chi connectivity index (χ1v) is 9.63. The molecule has 26 heavy (non-hydrogen) atoms. The quantitative estimate of drug-likeness (QED) is 0.895. The maximum absolute atomic E-state index is 12.9. The van der Waals surface area contributed by atoms with Crippen LogP contribution in [0, 0.1) is 13.8 Å². The van der Waals surface area contributed by atoms with Gasteiger partial charge in [-0.2, -0.15) is 0 Å². The fraction of sp³-hybridized carbons (Fsp3) is 0.700.